The van der Waals surface area contributed by atoms with Crippen molar-refractivity contribution in [1.29, 1.82) is 0 Å². The van der Waals surface area contributed by atoms with Gasteiger partial charge in [-0.3, -0.25) is 0 Å². The van der Waals surface area contributed by atoms with Gasteiger partial charge in [0.25, 0.3) is 0 Å². The fourth-order valence-corrected chi connectivity index (χ4v) is 2.55. The number of furan rings is 1. The summed E-state index contributed by atoms with van der Waals surface area (Å²) in [6, 6.07) is 8.56. The van der Waals surface area contributed by atoms with E-state index in [1.165, 1.54) is 0 Å². The number of benzene rings is 1. The Labute approximate surface area is 152 Å². The van der Waals surface area contributed by atoms with Crippen molar-refractivity contribution in [3.63, 3.8) is 0 Å². The highest BCUT2D eigenvalue weighted by molar-refractivity contribution is 5.74. The first kappa shape index (κ1) is 18.1. The molecule has 140 valence electrons. The van der Waals surface area contributed by atoms with E-state index in [-0.39, 0.29) is 18.9 Å². The molecular formula is C19H24N2O5. The van der Waals surface area contributed by atoms with Gasteiger partial charge in [-0.1, -0.05) is 19.9 Å². The third kappa shape index (κ3) is 4.92. The average Bonchev–Trinajstić information content (AvgIpc) is 3.29. The number of fused-ring (bicyclic) bond motifs is 1. The Morgan fingerprint density at radius 1 is 1.19 bits per heavy atom. The van der Waals surface area contributed by atoms with Crippen LogP contribution in [0.3, 0.4) is 0 Å². The molecule has 1 aliphatic rings. The number of rotatable bonds is 8. The Morgan fingerprint density at radius 2 is 2.04 bits per heavy atom. The second-order valence-electron chi connectivity index (χ2n) is 6.51. The number of ether oxygens (including phenoxy) is 3. The van der Waals surface area contributed by atoms with Crippen molar-refractivity contribution in [2.75, 3.05) is 20.0 Å². The van der Waals surface area contributed by atoms with Crippen molar-refractivity contribution in [1.82, 2.24) is 10.6 Å². The molecule has 2 heterocycles. The summed E-state index contributed by atoms with van der Waals surface area (Å²) in [5, 5.41) is 5.73. The molecule has 0 radical (unpaired) electrons. The van der Waals surface area contributed by atoms with Crippen molar-refractivity contribution in [2.24, 2.45) is 5.92 Å². The van der Waals surface area contributed by atoms with E-state index in [2.05, 4.69) is 24.5 Å². The van der Waals surface area contributed by atoms with Gasteiger partial charge in [0.2, 0.25) is 6.79 Å². The van der Waals surface area contributed by atoms with Gasteiger partial charge in [0.05, 0.1) is 12.9 Å². The number of carbonyl (C=O) groups excluding carboxylic acids is 1. The van der Waals surface area contributed by atoms with Gasteiger partial charge in [-0.2, -0.15) is 0 Å². The molecule has 2 aromatic rings. The monoisotopic (exact) mass is 360 g/mol. The van der Waals surface area contributed by atoms with Gasteiger partial charge >= 0.3 is 6.03 Å². The highest BCUT2D eigenvalue weighted by Gasteiger charge is 2.18. The quantitative estimate of drug-likeness (QED) is 0.755. The highest BCUT2D eigenvalue weighted by Crippen LogP contribution is 2.32. The van der Waals surface area contributed by atoms with Crippen molar-refractivity contribution >= 4 is 6.03 Å². The van der Waals surface area contributed by atoms with Crippen molar-refractivity contribution < 1.29 is 23.4 Å². The summed E-state index contributed by atoms with van der Waals surface area (Å²) in [7, 11) is 0. The van der Waals surface area contributed by atoms with Gasteiger partial charge in [0.15, 0.2) is 11.5 Å². The lowest BCUT2D eigenvalue weighted by Crippen LogP contribution is -2.39. The first-order valence-corrected chi connectivity index (χ1v) is 8.66. The third-order valence-corrected chi connectivity index (χ3v) is 3.82. The van der Waals surface area contributed by atoms with Crippen LogP contribution < -0.4 is 20.1 Å². The maximum absolute atomic E-state index is 12.3. The number of amides is 2. The maximum Gasteiger partial charge on any atom is 0.315 e. The second-order valence-corrected chi connectivity index (χ2v) is 6.51. The predicted molar refractivity (Wildman–Crippen MR) is 95.0 cm³/mol. The molecule has 26 heavy (non-hydrogen) atoms. The Balaban J connectivity index is 1.52. The van der Waals surface area contributed by atoms with Crippen LogP contribution in [0.15, 0.2) is 41.0 Å². The van der Waals surface area contributed by atoms with Crippen molar-refractivity contribution in [2.45, 2.75) is 26.4 Å². The van der Waals surface area contributed by atoms with Gasteiger partial charge in [0, 0.05) is 13.2 Å². The molecule has 1 aromatic heterocycles. The lowest BCUT2D eigenvalue weighted by molar-refractivity contribution is 0.0868. The van der Waals surface area contributed by atoms with Gasteiger partial charge < -0.3 is 29.3 Å². The molecule has 7 heteroatoms. The van der Waals surface area contributed by atoms with E-state index in [1.807, 2.05) is 24.3 Å². The molecule has 1 aromatic carbocycles. The largest absolute Gasteiger partial charge is 0.467 e. The standard InChI is InChI=1S/C19H24N2O5/c1-13(2)10-23-11-15(16-4-3-7-24-16)21-19(22)20-9-14-5-6-17-18(8-14)26-12-25-17/h3-8,13,15H,9-12H2,1-2H3,(H2,20,21,22). The molecular weight excluding hydrogens is 336 g/mol. The van der Waals surface area contributed by atoms with E-state index < -0.39 is 0 Å². The number of nitrogens with one attached hydrogen (secondary N) is 2. The van der Waals surface area contributed by atoms with E-state index in [0.717, 1.165) is 11.3 Å². The van der Waals surface area contributed by atoms with E-state index in [0.29, 0.717) is 37.2 Å². The summed E-state index contributed by atoms with van der Waals surface area (Å²) in [6.07, 6.45) is 1.58. The minimum absolute atomic E-state index is 0.230. The molecule has 1 atom stereocenters. The molecule has 2 amide bonds. The van der Waals surface area contributed by atoms with E-state index in [4.69, 9.17) is 18.6 Å². The SMILES string of the molecule is CC(C)COCC(NC(=O)NCc1ccc2c(c1)OCO2)c1ccco1. The molecule has 3 rings (SSSR count). The van der Waals surface area contributed by atoms with E-state index >= 15 is 0 Å². The number of hydrogen-bond acceptors (Lipinski definition) is 5. The molecule has 1 unspecified atom stereocenters. The van der Waals surface area contributed by atoms with E-state index in [1.54, 1.807) is 12.3 Å². The molecule has 7 nitrogen and oxygen atoms in total. The lowest BCUT2D eigenvalue weighted by atomic mass is 10.2. The van der Waals surface area contributed by atoms with Crippen LogP contribution in [0, 0.1) is 5.92 Å². The maximum atomic E-state index is 12.3. The van der Waals surface area contributed by atoms with Crippen LogP contribution in [0.5, 0.6) is 11.5 Å². The number of carbonyl (C=O) groups is 1. The minimum Gasteiger partial charge on any atom is -0.467 e. The van der Waals surface area contributed by atoms with Gasteiger partial charge in [-0.05, 0) is 35.7 Å². The summed E-state index contributed by atoms with van der Waals surface area (Å²) in [5.74, 6) is 2.50. The lowest BCUT2D eigenvalue weighted by Gasteiger charge is -2.18. The molecule has 0 spiro atoms. The zero-order chi connectivity index (χ0) is 18.4. The second kappa shape index (κ2) is 8.62. The molecule has 0 saturated carbocycles. The molecule has 0 aliphatic carbocycles. The van der Waals surface area contributed by atoms with Crippen molar-refractivity contribution in [3.8, 4) is 11.5 Å². The normalized spacial score (nSPS) is 13.7. The summed E-state index contributed by atoms with van der Waals surface area (Å²) in [6.45, 7) is 5.73. The third-order valence-electron chi connectivity index (χ3n) is 3.82. The molecule has 2 N–H and O–H groups in total. The Morgan fingerprint density at radius 3 is 2.81 bits per heavy atom. The van der Waals surface area contributed by atoms with Gasteiger partial charge in [-0.25, -0.2) is 4.79 Å². The first-order valence-electron chi connectivity index (χ1n) is 8.66. The van der Waals surface area contributed by atoms with Crippen LogP contribution in [0.4, 0.5) is 4.79 Å². The fraction of sp³-hybridized carbons (Fsp3) is 0.421. The molecule has 0 saturated heterocycles. The zero-order valence-corrected chi connectivity index (χ0v) is 15.0. The van der Waals surface area contributed by atoms with Gasteiger partial charge in [0.1, 0.15) is 11.8 Å². The fourth-order valence-electron chi connectivity index (χ4n) is 2.55. The van der Waals surface area contributed by atoms with Crippen LogP contribution in [-0.2, 0) is 11.3 Å². The Hall–Kier alpha value is -2.67. The minimum atomic E-state index is -0.347. The molecule has 0 fully saturated rings. The average molecular weight is 360 g/mol. The van der Waals surface area contributed by atoms with Crippen LogP contribution >= 0.6 is 0 Å². The number of urea groups is 1. The zero-order valence-electron chi connectivity index (χ0n) is 15.0. The van der Waals surface area contributed by atoms with Crippen LogP contribution in [-0.4, -0.2) is 26.0 Å². The molecule has 1 aliphatic heterocycles. The predicted octanol–water partition coefficient (Wildman–Crippen LogP) is 3.22. The smallest absolute Gasteiger partial charge is 0.315 e. The Bertz CT molecular complexity index is 715. The first-order chi connectivity index (χ1) is 12.6. The highest BCUT2D eigenvalue weighted by atomic mass is 16.7. The Kier molecular flexibility index (Phi) is 6.01. The molecule has 0 bridgehead atoms. The van der Waals surface area contributed by atoms with Gasteiger partial charge in [-0.15, -0.1) is 0 Å². The topological polar surface area (TPSA) is 82.0 Å². The summed E-state index contributed by atoms with van der Waals surface area (Å²) >= 11 is 0. The van der Waals surface area contributed by atoms with Crippen LogP contribution in [0.2, 0.25) is 0 Å². The van der Waals surface area contributed by atoms with Crippen molar-refractivity contribution in [3.05, 3.63) is 47.9 Å². The summed E-state index contributed by atoms with van der Waals surface area (Å²) < 4.78 is 21.7. The van der Waals surface area contributed by atoms with Crippen LogP contribution in [0.1, 0.15) is 31.2 Å². The summed E-state index contributed by atoms with van der Waals surface area (Å²) in [4.78, 5) is 12.3. The number of hydrogen-bond donors (Lipinski definition) is 2. The van der Waals surface area contributed by atoms with Crippen LogP contribution in [0.25, 0.3) is 0 Å². The van der Waals surface area contributed by atoms with E-state index in [9.17, 15) is 4.79 Å². The summed E-state index contributed by atoms with van der Waals surface area (Å²) in [5.41, 5.74) is 0.926.